The molecular weight excluding hydrogens is 340 g/mol. The summed E-state index contributed by atoms with van der Waals surface area (Å²) in [6.45, 7) is 2.05. The van der Waals surface area contributed by atoms with Crippen molar-refractivity contribution in [1.82, 2.24) is 10.3 Å². The first-order valence-corrected chi connectivity index (χ1v) is 10.4. The zero-order chi connectivity index (χ0) is 18.2. The lowest BCUT2D eigenvalue weighted by molar-refractivity contribution is -0.0567. The van der Waals surface area contributed by atoms with Crippen molar-refractivity contribution >= 4 is 16.8 Å². The van der Waals surface area contributed by atoms with Crippen LogP contribution in [-0.2, 0) is 22.3 Å². The number of aromatic amines is 1. The van der Waals surface area contributed by atoms with Gasteiger partial charge in [-0.1, -0.05) is 6.07 Å². The minimum absolute atomic E-state index is 0.0417. The van der Waals surface area contributed by atoms with E-state index in [0.29, 0.717) is 18.8 Å². The molecule has 2 aromatic rings. The van der Waals surface area contributed by atoms with Crippen LogP contribution in [0.2, 0.25) is 0 Å². The number of benzene rings is 1. The van der Waals surface area contributed by atoms with E-state index < -0.39 is 0 Å². The Kier molecular flexibility index (Phi) is 4.66. The molecule has 1 aromatic heterocycles. The largest absolute Gasteiger partial charge is 0.379 e. The van der Waals surface area contributed by atoms with Crippen LogP contribution in [0.25, 0.3) is 10.9 Å². The maximum atomic E-state index is 12.9. The normalized spacial score (nSPS) is 25.3. The third kappa shape index (κ3) is 3.63. The van der Waals surface area contributed by atoms with Crippen molar-refractivity contribution in [1.29, 1.82) is 0 Å². The van der Waals surface area contributed by atoms with E-state index in [2.05, 4.69) is 16.4 Å². The highest BCUT2D eigenvalue weighted by atomic mass is 16.5. The Balaban J connectivity index is 1.30. The number of fused-ring (bicyclic) bond motifs is 3. The summed E-state index contributed by atoms with van der Waals surface area (Å²) >= 11 is 0. The van der Waals surface area contributed by atoms with Crippen LogP contribution >= 0.6 is 0 Å². The van der Waals surface area contributed by atoms with Gasteiger partial charge in [0, 0.05) is 35.4 Å². The standard InChI is InChI=1S/C22H28N2O3/c25-22(24-20-13-26-10-9-21(20)27-12-14-5-6-14)15-7-8-17-16-3-1-2-4-18(16)23-19(17)11-15/h7-8,11,14,20-21,23H,1-6,9-10,12-13H2,(H,24,25)/t20-,21+/m1/s1. The Morgan fingerprint density at radius 2 is 2.11 bits per heavy atom. The molecule has 5 heteroatoms. The Bertz CT molecular complexity index is 839. The maximum absolute atomic E-state index is 12.9. The highest BCUT2D eigenvalue weighted by molar-refractivity contribution is 5.99. The predicted molar refractivity (Wildman–Crippen MR) is 104 cm³/mol. The number of hydrogen-bond acceptors (Lipinski definition) is 3. The summed E-state index contributed by atoms with van der Waals surface area (Å²) in [5.74, 6) is 0.686. The third-order valence-corrected chi connectivity index (χ3v) is 6.21. The van der Waals surface area contributed by atoms with Crippen LogP contribution in [0.15, 0.2) is 18.2 Å². The van der Waals surface area contributed by atoms with Gasteiger partial charge in [-0.3, -0.25) is 4.79 Å². The monoisotopic (exact) mass is 368 g/mol. The summed E-state index contributed by atoms with van der Waals surface area (Å²) in [4.78, 5) is 16.4. The van der Waals surface area contributed by atoms with Crippen molar-refractivity contribution in [2.75, 3.05) is 19.8 Å². The number of nitrogens with one attached hydrogen (secondary N) is 2. The fourth-order valence-electron chi connectivity index (χ4n) is 4.40. The summed E-state index contributed by atoms with van der Waals surface area (Å²) in [5, 5.41) is 4.42. The number of rotatable bonds is 5. The first-order chi connectivity index (χ1) is 13.3. The molecule has 2 fully saturated rings. The molecule has 2 N–H and O–H groups in total. The van der Waals surface area contributed by atoms with Crippen LogP contribution in [0.1, 0.15) is 53.7 Å². The minimum atomic E-state index is -0.0717. The highest BCUT2D eigenvalue weighted by Gasteiger charge is 2.31. The van der Waals surface area contributed by atoms with Gasteiger partial charge in [-0.05, 0) is 68.6 Å². The van der Waals surface area contributed by atoms with Gasteiger partial charge in [-0.25, -0.2) is 0 Å². The van der Waals surface area contributed by atoms with E-state index in [-0.39, 0.29) is 18.1 Å². The van der Waals surface area contributed by atoms with E-state index in [1.807, 2.05) is 12.1 Å². The Morgan fingerprint density at radius 1 is 1.22 bits per heavy atom. The summed E-state index contributed by atoms with van der Waals surface area (Å²) in [5.41, 5.74) is 4.57. The molecule has 1 saturated carbocycles. The van der Waals surface area contributed by atoms with Gasteiger partial charge in [-0.2, -0.15) is 0 Å². The van der Waals surface area contributed by atoms with E-state index in [1.165, 1.54) is 42.3 Å². The zero-order valence-corrected chi connectivity index (χ0v) is 15.8. The van der Waals surface area contributed by atoms with Crippen molar-refractivity contribution < 1.29 is 14.3 Å². The zero-order valence-electron chi connectivity index (χ0n) is 15.8. The first-order valence-electron chi connectivity index (χ1n) is 10.4. The maximum Gasteiger partial charge on any atom is 0.251 e. The number of aryl methyl sites for hydroxylation is 2. The van der Waals surface area contributed by atoms with Gasteiger partial charge in [0.15, 0.2) is 0 Å². The lowest BCUT2D eigenvalue weighted by Gasteiger charge is -2.32. The van der Waals surface area contributed by atoms with Gasteiger partial charge >= 0.3 is 0 Å². The van der Waals surface area contributed by atoms with Crippen LogP contribution in [0.4, 0.5) is 0 Å². The lowest BCUT2D eigenvalue weighted by atomic mass is 9.95. The minimum Gasteiger partial charge on any atom is -0.379 e. The fourth-order valence-corrected chi connectivity index (χ4v) is 4.40. The van der Waals surface area contributed by atoms with Crippen LogP contribution in [0.5, 0.6) is 0 Å². The van der Waals surface area contributed by atoms with Gasteiger partial charge in [0.05, 0.1) is 18.8 Å². The summed E-state index contributed by atoms with van der Waals surface area (Å²) in [6, 6.07) is 5.97. The molecule has 2 aliphatic carbocycles. The predicted octanol–water partition coefficient (Wildman–Crippen LogP) is 3.36. The number of aromatic nitrogens is 1. The van der Waals surface area contributed by atoms with Crippen molar-refractivity contribution in [3.8, 4) is 0 Å². The van der Waals surface area contributed by atoms with Crippen LogP contribution in [0.3, 0.4) is 0 Å². The molecule has 27 heavy (non-hydrogen) atoms. The molecule has 0 radical (unpaired) electrons. The van der Waals surface area contributed by atoms with Crippen molar-refractivity contribution in [3.63, 3.8) is 0 Å². The molecule has 144 valence electrons. The molecule has 0 bridgehead atoms. The van der Waals surface area contributed by atoms with Gasteiger partial charge in [-0.15, -0.1) is 0 Å². The van der Waals surface area contributed by atoms with E-state index in [1.54, 1.807) is 0 Å². The molecule has 1 aliphatic heterocycles. The average molecular weight is 368 g/mol. The molecule has 1 saturated heterocycles. The molecule has 1 amide bonds. The first kappa shape index (κ1) is 17.3. The molecule has 0 spiro atoms. The smallest absolute Gasteiger partial charge is 0.251 e. The van der Waals surface area contributed by atoms with Gasteiger partial charge in [0.25, 0.3) is 5.91 Å². The second kappa shape index (κ2) is 7.28. The summed E-state index contributed by atoms with van der Waals surface area (Å²) in [7, 11) is 0. The van der Waals surface area contributed by atoms with E-state index in [4.69, 9.17) is 9.47 Å². The Labute approximate surface area is 159 Å². The van der Waals surface area contributed by atoms with Crippen molar-refractivity contribution in [2.24, 2.45) is 5.92 Å². The quantitative estimate of drug-likeness (QED) is 0.851. The van der Waals surface area contributed by atoms with E-state index in [0.717, 1.165) is 37.3 Å². The van der Waals surface area contributed by atoms with Gasteiger partial charge in [0.2, 0.25) is 0 Å². The number of carbonyl (C=O) groups is 1. The molecule has 5 rings (SSSR count). The molecule has 2 heterocycles. The molecule has 3 aliphatic rings. The van der Waals surface area contributed by atoms with Gasteiger partial charge < -0.3 is 19.8 Å². The van der Waals surface area contributed by atoms with Crippen molar-refractivity contribution in [3.05, 3.63) is 35.0 Å². The van der Waals surface area contributed by atoms with Crippen LogP contribution < -0.4 is 5.32 Å². The SMILES string of the molecule is O=C(N[C@@H]1COCC[C@@H]1OCC1CC1)c1ccc2c3c([nH]c2c1)CCCC3. The topological polar surface area (TPSA) is 63.4 Å². The summed E-state index contributed by atoms with van der Waals surface area (Å²) < 4.78 is 11.7. The number of carbonyl (C=O) groups excluding carboxylic acids is 1. The third-order valence-electron chi connectivity index (χ3n) is 6.21. The molecular formula is C22H28N2O3. The van der Waals surface area contributed by atoms with E-state index >= 15 is 0 Å². The second-order valence-electron chi connectivity index (χ2n) is 8.31. The molecule has 2 atom stereocenters. The Morgan fingerprint density at radius 3 is 3.00 bits per heavy atom. The highest BCUT2D eigenvalue weighted by Crippen LogP contribution is 2.31. The number of H-pyrrole nitrogens is 1. The van der Waals surface area contributed by atoms with Crippen LogP contribution in [-0.4, -0.2) is 42.9 Å². The molecule has 0 unspecified atom stereocenters. The van der Waals surface area contributed by atoms with Crippen LogP contribution in [0, 0.1) is 5.92 Å². The average Bonchev–Trinajstić information content (AvgIpc) is 3.45. The summed E-state index contributed by atoms with van der Waals surface area (Å²) in [6.07, 6.45) is 8.22. The number of amides is 1. The van der Waals surface area contributed by atoms with Crippen molar-refractivity contribution in [2.45, 2.75) is 57.1 Å². The molecule has 1 aromatic carbocycles. The van der Waals surface area contributed by atoms with Gasteiger partial charge in [0.1, 0.15) is 0 Å². The number of hydrogen-bond donors (Lipinski definition) is 2. The number of ether oxygens (including phenoxy) is 2. The lowest BCUT2D eigenvalue weighted by Crippen LogP contribution is -2.50. The second-order valence-corrected chi connectivity index (χ2v) is 8.31. The van der Waals surface area contributed by atoms with E-state index in [9.17, 15) is 4.79 Å². The molecule has 5 nitrogen and oxygen atoms in total. The Hall–Kier alpha value is -1.85. The fraction of sp³-hybridized carbons (Fsp3) is 0.591.